The highest BCUT2D eigenvalue weighted by Gasteiger charge is 2.35. The van der Waals surface area contributed by atoms with Crippen LogP contribution in [0.25, 0.3) is 6.08 Å². The molecule has 2 N–H and O–H groups in total. The molecule has 0 bridgehead atoms. The van der Waals surface area contributed by atoms with Gasteiger partial charge in [-0.3, -0.25) is 9.59 Å². The van der Waals surface area contributed by atoms with Gasteiger partial charge in [-0.25, -0.2) is 9.69 Å². The first-order chi connectivity index (χ1) is 16.2. The van der Waals surface area contributed by atoms with Crippen LogP contribution in [0.1, 0.15) is 38.3 Å². The zero-order chi connectivity index (χ0) is 24.8. The summed E-state index contributed by atoms with van der Waals surface area (Å²) in [5, 5.41) is 5.51. The third kappa shape index (κ3) is 6.08. The Kier molecular flexibility index (Phi) is 8.17. The van der Waals surface area contributed by atoms with Crippen molar-refractivity contribution in [3.8, 4) is 11.5 Å². The summed E-state index contributed by atoms with van der Waals surface area (Å²) in [4.78, 5) is 38.4. The number of halogens is 1. The minimum Gasteiger partial charge on any atom is -0.490 e. The summed E-state index contributed by atoms with van der Waals surface area (Å²) in [6, 6.07) is 9.84. The average molecular weight is 486 g/mol. The van der Waals surface area contributed by atoms with Gasteiger partial charge in [-0.15, -0.1) is 0 Å². The number of urea groups is 1. The van der Waals surface area contributed by atoms with Gasteiger partial charge >= 0.3 is 6.03 Å². The van der Waals surface area contributed by atoms with E-state index in [2.05, 4.69) is 10.6 Å². The van der Waals surface area contributed by atoms with Crippen molar-refractivity contribution in [3.63, 3.8) is 0 Å². The number of imide groups is 1. The van der Waals surface area contributed by atoms with Crippen LogP contribution in [0.4, 0.5) is 10.5 Å². The Morgan fingerprint density at radius 1 is 1.21 bits per heavy atom. The van der Waals surface area contributed by atoms with Gasteiger partial charge in [0.1, 0.15) is 12.2 Å². The summed E-state index contributed by atoms with van der Waals surface area (Å²) in [6.45, 7) is 7.68. The van der Waals surface area contributed by atoms with Crippen LogP contribution in [-0.4, -0.2) is 42.0 Å². The number of anilines is 1. The highest BCUT2D eigenvalue weighted by molar-refractivity contribution is 6.32. The van der Waals surface area contributed by atoms with Gasteiger partial charge in [0.25, 0.3) is 5.91 Å². The van der Waals surface area contributed by atoms with Gasteiger partial charge in [0, 0.05) is 5.69 Å². The second-order valence-electron chi connectivity index (χ2n) is 7.89. The van der Waals surface area contributed by atoms with Gasteiger partial charge in [-0.2, -0.15) is 0 Å². The Morgan fingerprint density at radius 2 is 1.91 bits per heavy atom. The fourth-order valence-electron chi connectivity index (χ4n) is 3.20. The van der Waals surface area contributed by atoms with Crippen molar-refractivity contribution < 1.29 is 23.9 Å². The van der Waals surface area contributed by atoms with E-state index in [1.165, 1.54) is 6.08 Å². The van der Waals surface area contributed by atoms with E-state index < -0.39 is 24.4 Å². The number of nitrogens with zero attached hydrogens (tertiary/aromatic N) is 1. The van der Waals surface area contributed by atoms with Crippen LogP contribution < -0.4 is 20.1 Å². The van der Waals surface area contributed by atoms with E-state index >= 15 is 0 Å². The Morgan fingerprint density at radius 3 is 2.56 bits per heavy atom. The molecular formula is C25H28ClN3O5. The molecule has 1 saturated heterocycles. The lowest BCUT2D eigenvalue weighted by atomic mass is 10.1. The number of carbonyl (C=O) groups excluding carboxylic acids is 3. The lowest BCUT2D eigenvalue weighted by Crippen LogP contribution is -2.38. The molecule has 4 amide bonds. The van der Waals surface area contributed by atoms with Gasteiger partial charge in [0.15, 0.2) is 11.5 Å². The number of ether oxygens (including phenoxy) is 2. The van der Waals surface area contributed by atoms with Crippen LogP contribution in [-0.2, 0) is 9.59 Å². The summed E-state index contributed by atoms with van der Waals surface area (Å²) in [6.07, 6.45) is 2.22. The molecule has 0 spiro atoms. The van der Waals surface area contributed by atoms with E-state index in [4.69, 9.17) is 21.1 Å². The van der Waals surface area contributed by atoms with Crippen molar-refractivity contribution in [1.29, 1.82) is 0 Å². The fraction of sp³-hybridized carbons (Fsp3) is 0.320. The summed E-state index contributed by atoms with van der Waals surface area (Å²) in [5.74, 6) is -0.232. The molecule has 0 radical (unpaired) electrons. The summed E-state index contributed by atoms with van der Waals surface area (Å²) >= 11 is 6.44. The van der Waals surface area contributed by atoms with E-state index in [1.54, 1.807) is 24.3 Å². The van der Waals surface area contributed by atoms with Crippen molar-refractivity contribution in [2.45, 2.75) is 40.2 Å². The average Bonchev–Trinajstić information content (AvgIpc) is 3.05. The van der Waals surface area contributed by atoms with Crippen LogP contribution in [0.2, 0.25) is 5.02 Å². The molecule has 0 aliphatic carbocycles. The first-order valence-corrected chi connectivity index (χ1v) is 11.4. The number of hydrogen-bond acceptors (Lipinski definition) is 5. The Balaban J connectivity index is 1.77. The van der Waals surface area contributed by atoms with Crippen LogP contribution in [0.5, 0.6) is 11.5 Å². The zero-order valence-electron chi connectivity index (χ0n) is 19.6. The van der Waals surface area contributed by atoms with Crippen molar-refractivity contribution in [1.82, 2.24) is 10.2 Å². The van der Waals surface area contributed by atoms with Crippen LogP contribution >= 0.6 is 11.6 Å². The maximum Gasteiger partial charge on any atom is 0.329 e. The number of aryl methyl sites for hydroxylation is 1. The highest BCUT2D eigenvalue weighted by atomic mass is 35.5. The maximum atomic E-state index is 12.8. The first-order valence-electron chi connectivity index (χ1n) is 11.1. The van der Waals surface area contributed by atoms with E-state index in [-0.39, 0.29) is 11.8 Å². The van der Waals surface area contributed by atoms with E-state index in [9.17, 15) is 14.4 Å². The molecule has 8 nitrogen and oxygen atoms in total. The largest absolute Gasteiger partial charge is 0.490 e. The molecule has 1 atom stereocenters. The van der Waals surface area contributed by atoms with E-state index in [0.29, 0.717) is 34.4 Å². The quantitative estimate of drug-likeness (QED) is 0.394. The van der Waals surface area contributed by atoms with Crippen molar-refractivity contribution >= 4 is 41.2 Å². The van der Waals surface area contributed by atoms with Gasteiger partial charge in [0.05, 0.1) is 17.7 Å². The van der Waals surface area contributed by atoms with Crippen LogP contribution in [0.3, 0.4) is 0 Å². The summed E-state index contributed by atoms with van der Waals surface area (Å²) < 4.78 is 11.6. The fourth-order valence-corrected chi connectivity index (χ4v) is 3.46. The number of carbonyl (C=O) groups is 3. The molecular weight excluding hydrogens is 458 g/mol. The van der Waals surface area contributed by atoms with Gasteiger partial charge < -0.3 is 20.1 Å². The molecule has 0 aromatic heterocycles. The summed E-state index contributed by atoms with van der Waals surface area (Å²) in [7, 11) is 0. The number of nitrogens with one attached hydrogen (secondary N) is 2. The molecule has 2 aromatic rings. The normalized spacial score (nSPS) is 15.3. The third-order valence-electron chi connectivity index (χ3n) is 5.14. The number of benzene rings is 2. The Bertz CT molecular complexity index is 1110. The molecule has 2 aromatic carbocycles. The topological polar surface area (TPSA) is 97.0 Å². The van der Waals surface area contributed by atoms with Crippen LogP contribution in [0, 0.1) is 6.92 Å². The zero-order valence-corrected chi connectivity index (χ0v) is 20.4. The Hall–Kier alpha value is -3.52. The lowest BCUT2D eigenvalue weighted by molar-refractivity contribution is -0.127. The monoisotopic (exact) mass is 485 g/mol. The molecule has 3 rings (SSSR count). The number of hydrogen-bond donors (Lipinski definition) is 2. The van der Waals surface area contributed by atoms with E-state index in [0.717, 1.165) is 16.9 Å². The van der Waals surface area contributed by atoms with Gasteiger partial charge in [0.2, 0.25) is 5.91 Å². The van der Waals surface area contributed by atoms with Crippen molar-refractivity contribution in [2.75, 3.05) is 18.5 Å². The molecule has 9 heteroatoms. The predicted molar refractivity (Wildman–Crippen MR) is 131 cm³/mol. The van der Waals surface area contributed by atoms with Crippen molar-refractivity contribution in [2.24, 2.45) is 0 Å². The lowest BCUT2D eigenvalue weighted by Gasteiger charge is -2.18. The minimum atomic E-state index is -0.678. The number of rotatable bonds is 9. The Labute approximate surface area is 203 Å². The maximum absolute atomic E-state index is 12.8. The smallest absolute Gasteiger partial charge is 0.329 e. The van der Waals surface area contributed by atoms with Gasteiger partial charge in [-0.1, -0.05) is 36.2 Å². The SMILES string of the molecule is CCOc1cc(/C=C2/NC(=O)N(CC(=O)Nc3ccc(C)cc3)C2=O)cc(Cl)c1O[C@H](C)CC. The molecule has 1 aliphatic rings. The second-order valence-corrected chi connectivity index (χ2v) is 8.30. The van der Waals surface area contributed by atoms with E-state index in [1.807, 2.05) is 39.8 Å². The third-order valence-corrected chi connectivity index (χ3v) is 5.42. The molecule has 0 saturated carbocycles. The van der Waals surface area contributed by atoms with Crippen LogP contribution in [0.15, 0.2) is 42.1 Å². The minimum absolute atomic E-state index is 0.0299. The molecule has 0 unspecified atom stereocenters. The molecule has 180 valence electrons. The molecule has 1 aliphatic heterocycles. The standard InChI is InChI=1S/C25H28ClN3O5/c1-5-16(4)34-23-19(26)11-17(13-21(23)33-6-2)12-20-24(31)29(25(32)28-20)14-22(30)27-18-9-7-15(3)8-10-18/h7-13,16H,5-6,14H2,1-4H3,(H,27,30)(H,28,32)/b20-12+/t16-/m1/s1. The molecule has 34 heavy (non-hydrogen) atoms. The first kappa shape index (κ1) is 25.1. The van der Waals surface area contributed by atoms with Gasteiger partial charge in [-0.05, 0) is 63.1 Å². The second kappa shape index (κ2) is 11.1. The molecule has 1 fully saturated rings. The summed E-state index contributed by atoms with van der Waals surface area (Å²) in [5.41, 5.74) is 2.20. The molecule has 1 heterocycles. The predicted octanol–water partition coefficient (Wildman–Crippen LogP) is 4.76. The highest BCUT2D eigenvalue weighted by Crippen LogP contribution is 2.38. The number of amides is 4. The van der Waals surface area contributed by atoms with Crippen molar-refractivity contribution in [3.05, 3.63) is 58.2 Å².